The summed E-state index contributed by atoms with van der Waals surface area (Å²) < 4.78 is 0.816. The van der Waals surface area contributed by atoms with Gasteiger partial charge in [0.05, 0.1) is 27.3 Å². The van der Waals surface area contributed by atoms with Crippen molar-refractivity contribution >= 4 is 0 Å². The van der Waals surface area contributed by atoms with Crippen LogP contribution in [0.3, 0.4) is 0 Å². The van der Waals surface area contributed by atoms with Crippen LogP contribution in [0.15, 0.2) is 11.9 Å². The molecule has 0 unspecified atom stereocenters. The molecular formula is C6H15N2+. The van der Waals surface area contributed by atoms with Crippen LogP contribution < -0.4 is 5.73 Å². The normalized spacial score (nSPS) is 14.2. The predicted octanol–water partition coefficient (Wildman–Crippen LogP) is 0.513. The molecule has 0 radical (unpaired) electrons. The van der Waals surface area contributed by atoms with Crippen LogP contribution in [0.2, 0.25) is 0 Å². The lowest BCUT2D eigenvalue weighted by molar-refractivity contribution is -0.831. The molecule has 8 heavy (non-hydrogen) atoms. The highest BCUT2D eigenvalue weighted by atomic mass is 15.3. The van der Waals surface area contributed by atoms with Crippen molar-refractivity contribution < 1.29 is 4.48 Å². The summed E-state index contributed by atoms with van der Waals surface area (Å²) >= 11 is 0. The van der Waals surface area contributed by atoms with Gasteiger partial charge in [0.2, 0.25) is 0 Å². The minimum atomic E-state index is 0.816. The van der Waals surface area contributed by atoms with Gasteiger partial charge in [-0.05, 0) is 0 Å². The van der Waals surface area contributed by atoms with Gasteiger partial charge in [0, 0.05) is 6.92 Å². The van der Waals surface area contributed by atoms with E-state index in [1.807, 2.05) is 6.92 Å². The standard InChI is InChI=1S/C6H15N2/c1-6(5-7)8(2,3)4/h5H,7H2,1-4H3/q+1. The average molecular weight is 115 g/mol. The molecule has 0 aromatic heterocycles. The van der Waals surface area contributed by atoms with Gasteiger partial charge < -0.3 is 10.2 Å². The van der Waals surface area contributed by atoms with E-state index in [9.17, 15) is 0 Å². The maximum Gasteiger partial charge on any atom is 0.121 e. The minimum Gasteiger partial charge on any atom is -0.400 e. The van der Waals surface area contributed by atoms with E-state index in [1.165, 1.54) is 5.70 Å². The highest BCUT2D eigenvalue weighted by Gasteiger charge is 2.07. The van der Waals surface area contributed by atoms with Gasteiger partial charge in [0.25, 0.3) is 0 Å². The number of rotatable bonds is 1. The quantitative estimate of drug-likeness (QED) is 0.495. The van der Waals surface area contributed by atoms with E-state index in [0.717, 1.165) is 4.48 Å². The Morgan fingerprint density at radius 1 is 1.38 bits per heavy atom. The second-order valence-electron chi connectivity index (χ2n) is 2.82. The first-order valence-corrected chi connectivity index (χ1v) is 2.69. The van der Waals surface area contributed by atoms with Crippen LogP contribution in [0.5, 0.6) is 0 Å². The Labute approximate surface area is 51.2 Å². The average Bonchev–Trinajstić information content (AvgIpc) is 1.62. The number of nitrogens with two attached hydrogens (primary N) is 1. The molecule has 0 spiro atoms. The molecule has 0 heterocycles. The summed E-state index contributed by atoms with van der Waals surface area (Å²) in [5, 5.41) is 0. The second-order valence-corrected chi connectivity index (χ2v) is 2.82. The Morgan fingerprint density at radius 3 is 1.75 bits per heavy atom. The molecular weight excluding hydrogens is 100 g/mol. The summed E-state index contributed by atoms with van der Waals surface area (Å²) in [4.78, 5) is 0. The molecule has 0 aliphatic heterocycles. The zero-order valence-corrected chi connectivity index (χ0v) is 6.10. The lowest BCUT2D eigenvalue weighted by Gasteiger charge is -2.23. The van der Waals surface area contributed by atoms with Crippen molar-refractivity contribution in [2.45, 2.75) is 6.92 Å². The van der Waals surface area contributed by atoms with Crippen molar-refractivity contribution in [2.75, 3.05) is 21.1 Å². The van der Waals surface area contributed by atoms with Crippen LogP contribution in [0, 0.1) is 0 Å². The summed E-state index contributed by atoms with van der Waals surface area (Å²) in [6.45, 7) is 2.01. The number of allylic oxidation sites excluding steroid dienone is 1. The zero-order chi connectivity index (χ0) is 6.78. The fourth-order valence-electron chi connectivity index (χ4n) is 0.224. The fourth-order valence-corrected chi connectivity index (χ4v) is 0.224. The van der Waals surface area contributed by atoms with Gasteiger partial charge in [0.1, 0.15) is 5.70 Å². The predicted molar refractivity (Wildman–Crippen MR) is 36.0 cm³/mol. The van der Waals surface area contributed by atoms with Crippen molar-refractivity contribution in [3.05, 3.63) is 11.9 Å². The molecule has 0 saturated carbocycles. The maximum absolute atomic E-state index is 5.28. The topological polar surface area (TPSA) is 26.0 Å². The lowest BCUT2D eigenvalue weighted by Crippen LogP contribution is -2.32. The third-order valence-electron chi connectivity index (χ3n) is 1.30. The molecule has 0 aromatic rings. The van der Waals surface area contributed by atoms with Crippen LogP contribution in [0.4, 0.5) is 0 Å². The van der Waals surface area contributed by atoms with E-state index in [4.69, 9.17) is 5.73 Å². The number of hydrogen-bond acceptors (Lipinski definition) is 1. The summed E-state index contributed by atoms with van der Waals surface area (Å²) in [5.41, 5.74) is 6.45. The molecule has 0 amide bonds. The van der Waals surface area contributed by atoms with Crippen LogP contribution in [0.25, 0.3) is 0 Å². The van der Waals surface area contributed by atoms with Crippen LogP contribution in [-0.4, -0.2) is 25.6 Å². The van der Waals surface area contributed by atoms with E-state index in [1.54, 1.807) is 6.20 Å². The highest BCUT2D eigenvalue weighted by molar-refractivity contribution is 4.82. The smallest absolute Gasteiger partial charge is 0.121 e. The van der Waals surface area contributed by atoms with E-state index in [0.29, 0.717) is 0 Å². The Morgan fingerprint density at radius 2 is 1.75 bits per heavy atom. The maximum atomic E-state index is 5.28. The molecule has 2 heteroatoms. The van der Waals surface area contributed by atoms with Crippen molar-refractivity contribution in [3.63, 3.8) is 0 Å². The van der Waals surface area contributed by atoms with Gasteiger partial charge in [-0.1, -0.05) is 0 Å². The fraction of sp³-hybridized carbons (Fsp3) is 0.667. The first-order valence-electron chi connectivity index (χ1n) is 2.69. The Bertz CT molecular complexity index is 97.6. The molecule has 48 valence electrons. The molecule has 0 aromatic carbocycles. The van der Waals surface area contributed by atoms with Crippen molar-refractivity contribution in [2.24, 2.45) is 5.73 Å². The van der Waals surface area contributed by atoms with Gasteiger partial charge in [-0.25, -0.2) is 0 Å². The van der Waals surface area contributed by atoms with Crippen LogP contribution >= 0.6 is 0 Å². The second kappa shape index (κ2) is 2.18. The van der Waals surface area contributed by atoms with Gasteiger partial charge in [-0.2, -0.15) is 0 Å². The first kappa shape index (κ1) is 7.50. The largest absolute Gasteiger partial charge is 0.400 e. The van der Waals surface area contributed by atoms with E-state index in [2.05, 4.69) is 21.1 Å². The van der Waals surface area contributed by atoms with Crippen molar-refractivity contribution in [3.8, 4) is 0 Å². The number of hydrogen-bond donors (Lipinski definition) is 1. The van der Waals surface area contributed by atoms with E-state index in [-0.39, 0.29) is 0 Å². The molecule has 2 nitrogen and oxygen atoms in total. The van der Waals surface area contributed by atoms with Gasteiger partial charge in [-0.15, -0.1) is 0 Å². The molecule has 0 aliphatic carbocycles. The number of quaternary nitrogens is 1. The molecule has 0 fully saturated rings. The monoisotopic (exact) mass is 115 g/mol. The summed E-state index contributed by atoms with van der Waals surface area (Å²) in [5.74, 6) is 0. The van der Waals surface area contributed by atoms with Gasteiger partial charge in [0.15, 0.2) is 0 Å². The molecule has 0 saturated heterocycles. The van der Waals surface area contributed by atoms with Crippen LogP contribution in [0.1, 0.15) is 6.92 Å². The van der Waals surface area contributed by atoms with Gasteiger partial charge in [-0.3, -0.25) is 0 Å². The molecule has 0 atom stereocenters. The van der Waals surface area contributed by atoms with Gasteiger partial charge >= 0.3 is 0 Å². The number of nitrogens with zero attached hydrogens (tertiary/aromatic N) is 1. The van der Waals surface area contributed by atoms with Crippen molar-refractivity contribution in [1.29, 1.82) is 0 Å². The Hall–Kier alpha value is -0.500. The Balaban J connectivity index is 4.03. The molecule has 0 bridgehead atoms. The van der Waals surface area contributed by atoms with E-state index >= 15 is 0 Å². The van der Waals surface area contributed by atoms with E-state index < -0.39 is 0 Å². The lowest BCUT2D eigenvalue weighted by atomic mass is 10.4. The molecule has 0 rings (SSSR count). The van der Waals surface area contributed by atoms with Crippen LogP contribution in [-0.2, 0) is 0 Å². The summed E-state index contributed by atoms with van der Waals surface area (Å²) in [7, 11) is 6.25. The van der Waals surface area contributed by atoms with Crippen molar-refractivity contribution in [1.82, 2.24) is 0 Å². The minimum absolute atomic E-state index is 0.816. The highest BCUT2D eigenvalue weighted by Crippen LogP contribution is 2.02. The molecule has 2 N–H and O–H groups in total. The third-order valence-corrected chi connectivity index (χ3v) is 1.30. The summed E-state index contributed by atoms with van der Waals surface area (Å²) in [6.07, 6.45) is 1.64. The third kappa shape index (κ3) is 1.98. The first-order chi connectivity index (χ1) is 3.48. The SMILES string of the molecule is CC(=CN)[N+](C)(C)C. The zero-order valence-electron chi connectivity index (χ0n) is 6.10. The molecule has 0 aliphatic rings. The summed E-state index contributed by atoms with van der Waals surface area (Å²) in [6, 6.07) is 0. The Kier molecular flexibility index (Phi) is 2.04.